The van der Waals surface area contributed by atoms with Gasteiger partial charge in [0.15, 0.2) is 6.19 Å². The summed E-state index contributed by atoms with van der Waals surface area (Å²) in [5.41, 5.74) is -1.06. The van der Waals surface area contributed by atoms with Crippen molar-refractivity contribution in [3.63, 3.8) is 0 Å². The van der Waals surface area contributed by atoms with Gasteiger partial charge in [-0.2, -0.15) is 18.4 Å². The van der Waals surface area contributed by atoms with Crippen molar-refractivity contribution in [3.8, 4) is 6.19 Å². The molecule has 11 heteroatoms. The summed E-state index contributed by atoms with van der Waals surface area (Å²) < 4.78 is 70.9. The first kappa shape index (κ1) is 20.0. The summed E-state index contributed by atoms with van der Waals surface area (Å²) in [5.74, 6) is 0. The van der Waals surface area contributed by atoms with Gasteiger partial charge in [-0.3, -0.25) is 0 Å². The van der Waals surface area contributed by atoms with Gasteiger partial charge < -0.3 is 9.64 Å². The Kier molecular flexibility index (Phi) is 5.98. The summed E-state index contributed by atoms with van der Waals surface area (Å²) in [7, 11) is -2.74. The van der Waals surface area contributed by atoms with Crippen LogP contribution in [-0.2, 0) is 20.9 Å². The van der Waals surface area contributed by atoms with Gasteiger partial charge in [-0.05, 0) is 40.5 Å². The summed E-state index contributed by atoms with van der Waals surface area (Å²) in [6, 6.07) is 1.53. The molecule has 1 aliphatic rings. The van der Waals surface area contributed by atoms with E-state index >= 15 is 0 Å². The number of hydrogen-bond acceptors (Lipinski definition) is 5. The minimum atomic E-state index is -4.65. The second-order valence-electron chi connectivity index (χ2n) is 5.56. The molecular formula is C14H15BrF3N3O3S. The number of methoxy groups -OCH3 is 1. The van der Waals surface area contributed by atoms with Crippen LogP contribution in [0, 0.1) is 11.5 Å². The van der Waals surface area contributed by atoms with Crippen molar-refractivity contribution in [2.45, 2.75) is 29.6 Å². The number of ether oxygens (including phenoxy) is 1. The normalized spacial score (nSPS) is 21.4. The highest BCUT2D eigenvalue weighted by Crippen LogP contribution is 2.33. The fourth-order valence-corrected chi connectivity index (χ4v) is 4.87. The van der Waals surface area contributed by atoms with Crippen LogP contribution in [0.4, 0.5) is 13.2 Å². The van der Waals surface area contributed by atoms with Gasteiger partial charge in [0.2, 0.25) is 10.0 Å². The number of alkyl halides is 3. The quantitative estimate of drug-likeness (QED) is 0.708. The first-order valence-corrected chi connectivity index (χ1v) is 9.40. The van der Waals surface area contributed by atoms with Crippen LogP contribution < -0.4 is 4.72 Å². The van der Waals surface area contributed by atoms with E-state index in [1.165, 1.54) is 12.0 Å². The van der Waals surface area contributed by atoms with Crippen LogP contribution in [0.5, 0.6) is 0 Å². The number of nitrogens with zero attached hydrogens (tertiary/aromatic N) is 2. The monoisotopic (exact) mass is 441 g/mol. The lowest BCUT2D eigenvalue weighted by Crippen LogP contribution is -2.36. The molecule has 0 aliphatic carbocycles. The molecule has 1 fully saturated rings. The van der Waals surface area contributed by atoms with E-state index in [-0.39, 0.29) is 23.7 Å². The lowest BCUT2D eigenvalue weighted by Gasteiger charge is -2.16. The van der Waals surface area contributed by atoms with Crippen molar-refractivity contribution in [3.05, 3.63) is 28.2 Å². The van der Waals surface area contributed by atoms with Gasteiger partial charge in [0, 0.05) is 24.2 Å². The minimum absolute atomic E-state index is 0.0246. The van der Waals surface area contributed by atoms with Crippen molar-refractivity contribution in [1.82, 2.24) is 9.62 Å². The van der Waals surface area contributed by atoms with E-state index in [1.54, 1.807) is 0 Å². The van der Waals surface area contributed by atoms with Crippen molar-refractivity contribution in [1.29, 1.82) is 5.26 Å². The number of halogens is 4. The Bertz CT molecular complexity index is 780. The first-order valence-electron chi connectivity index (χ1n) is 7.13. The number of rotatable bonds is 5. The third kappa shape index (κ3) is 4.63. The Morgan fingerprint density at radius 1 is 1.48 bits per heavy atom. The zero-order chi connectivity index (χ0) is 18.8. The number of benzene rings is 1. The highest BCUT2D eigenvalue weighted by atomic mass is 79.9. The SMILES string of the molecule is COCC1CC(NS(=O)(=O)c2cc(C(F)(F)F)ccc2Br)CN1C#N. The highest BCUT2D eigenvalue weighted by Gasteiger charge is 2.36. The predicted octanol–water partition coefficient (Wildman–Crippen LogP) is 2.32. The molecule has 6 nitrogen and oxygen atoms in total. The number of likely N-dealkylation sites (tertiary alicyclic amines) is 1. The molecule has 0 spiro atoms. The molecule has 1 saturated heterocycles. The van der Waals surface area contributed by atoms with Crippen LogP contribution in [-0.4, -0.2) is 45.7 Å². The number of sulfonamides is 1. The van der Waals surface area contributed by atoms with Gasteiger partial charge in [-0.1, -0.05) is 0 Å². The second-order valence-corrected chi connectivity index (χ2v) is 8.10. The fourth-order valence-electron chi connectivity index (χ4n) is 2.64. The Hall–Kier alpha value is -1.35. The van der Waals surface area contributed by atoms with Gasteiger partial charge in [-0.15, -0.1) is 0 Å². The van der Waals surface area contributed by atoms with E-state index in [0.29, 0.717) is 12.5 Å². The molecule has 2 atom stereocenters. The molecule has 1 aromatic carbocycles. The summed E-state index contributed by atoms with van der Waals surface area (Å²) in [6.45, 7) is 0.374. The van der Waals surface area contributed by atoms with Gasteiger partial charge in [0.25, 0.3) is 0 Å². The predicted molar refractivity (Wildman–Crippen MR) is 85.9 cm³/mol. The van der Waals surface area contributed by atoms with Crippen LogP contribution in [0.3, 0.4) is 0 Å². The maximum atomic E-state index is 12.8. The Balaban J connectivity index is 2.24. The topological polar surface area (TPSA) is 82.4 Å². The molecule has 1 heterocycles. The van der Waals surface area contributed by atoms with E-state index in [1.807, 2.05) is 6.19 Å². The maximum Gasteiger partial charge on any atom is 0.416 e. The average molecular weight is 442 g/mol. The molecule has 0 radical (unpaired) electrons. The van der Waals surface area contributed by atoms with Crippen LogP contribution in [0.2, 0.25) is 0 Å². The summed E-state index contributed by atoms with van der Waals surface area (Å²) in [6.07, 6.45) is -2.38. The number of hydrogen-bond donors (Lipinski definition) is 1. The van der Waals surface area contributed by atoms with E-state index in [4.69, 9.17) is 10.00 Å². The van der Waals surface area contributed by atoms with E-state index < -0.39 is 32.7 Å². The van der Waals surface area contributed by atoms with Crippen molar-refractivity contribution in [2.24, 2.45) is 0 Å². The zero-order valence-electron chi connectivity index (χ0n) is 13.0. The molecule has 25 heavy (non-hydrogen) atoms. The fraction of sp³-hybridized carbons (Fsp3) is 0.500. The molecule has 0 aromatic heterocycles. The Labute approximate surface area is 151 Å². The van der Waals surface area contributed by atoms with Gasteiger partial charge in [-0.25, -0.2) is 13.1 Å². The van der Waals surface area contributed by atoms with E-state index in [2.05, 4.69) is 20.7 Å². The van der Waals surface area contributed by atoms with Gasteiger partial charge >= 0.3 is 6.18 Å². The Morgan fingerprint density at radius 3 is 2.72 bits per heavy atom. The molecule has 0 bridgehead atoms. The third-order valence-electron chi connectivity index (χ3n) is 3.77. The molecule has 1 N–H and O–H groups in total. The standard InChI is InChI=1S/C14H15BrF3N3O3S/c1-24-7-11-5-10(6-21(11)8-19)20-25(22,23)13-4-9(14(16,17)18)2-3-12(13)15/h2-4,10-11,20H,5-7H2,1H3. The van der Waals surface area contributed by atoms with Crippen LogP contribution in [0.25, 0.3) is 0 Å². The van der Waals surface area contributed by atoms with Crippen molar-refractivity contribution in [2.75, 3.05) is 20.3 Å². The van der Waals surface area contributed by atoms with Crippen molar-refractivity contribution < 1.29 is 26.3 Å². The number of nitrogens with one attached hydrogen (secondary N) is 1. The second kappa shape index (κ2) is 7.49. The smallest absolute Gasteiger partial charge is 0.383 e. The molecule has 2 unspecified atom stereocenters. The van der Waals surface area contributed by atoms with E-state index in [0.717, 1.165) is 12.1 Å². The molecule has 1 aliphatic heterocycles. The highest BCUT2D eigenvalue weighted by molar-refractivity contribution is 9.10. The lowest BCUT2D eigenvalue weighted by molar-refractivity contribution is -0.137. The largest absolute Gasteiger partial charge is 0.416 e. The zero-order valence-corrected chi connectivity index (χ0v) is 15.4. The minimum Gasteiger partial charge on any atom is -0.383 e. The first-order chi connectivity index (χ1) is 11.6. The van der Waals surface area contributed by atoms with Crippen LogP contribution >= 0.6 is 15.9 Å². The molecular weight excluding hydrogens is 427 g/mol. The molecule has 0 amide bonds. The summed E-state index contributed by atoms with van der Waals surface area (Å²) in [4.78, 5) is 0.888. The molecule has 138 valence electrons. The maximum absolute atomic E-state index is 12.8. The van der Waals surface area contributed by atoms with Crippen LogP contribution in [0.1, 0.15) is 12.0 Å². The Morgan fingerprint density at radius 2 is 2.16 bits per heavy atom. The number of nitriles is 1. The van der Waals surface area contributed by atoms with Crippen molar-refractivity contribution >= 4 is 26.0 Å². The summed E-state index contributed by atoms with van der Waals surface area (Å²) in [5, 5.41) is 9.08. The van der Waals surface area contributed by atoms with Crippen LogP contribution in [0.15, 0.2) is 27.6 Å². The average Bonchev–Trinajstić information content (AvgIpc) is 2.87. The van der Waals surface area contributed by atoms with Gasteiger partial charge in [0.1, 0.15) is 0 Å². The third-order valence-corrected chi connectivity index (χ3v) is 6.29. The lowest BCUT2D eigenvalue weighted by atomic mass is 10.2. The molecule has 2 rings (SSSR count). The van der Waals surface area contributed by atoms with E-state index in [9.17, 15) is 21.6 Å². The van der Waals surface area contributed by atoms with Gasteiger partial charge in [0.05, 0.1) is 23.1 Å². The summed E-state index contributed by atoms with van der Waals surface area (Å²) >= 11 is 2.98. The molecule has 0 saturated carbocycles. The molecule has 1 aromatic rings.